The van der Waals surface area contributed by atoms with E-state index in [0.29, 0.717) is 65.9 Å². The molecular formula is C24H26N6O5. The fourth-order valence-corrected chi connectivity index (χ4v) is 3.53. The number of amides is 1. The van der Waals surface area contributed by atoms with Gasteiger partial charge in [0.25, 0.3) is 5.56 Å². The maximum Gasteiger partial charge on any atom is 0.272 e. The maximum absolute atomic E-state index is 12.2. The topological polar surface area (TPSA) is 144 Å². The smallest absolute Gasteiger partial charge is 0.272 e. The number of aryl methyl sites for hydroxylation is 1. The predicted octanol–water partition coefficient (Wildman–Crippen LogP) is 2.54. The highest BCUT2D eigenvalue weighted by molar-refractivity contribution is 5.90. The summed E-state index contributed by atoms with van der Waals surface area (Å²) < 4.78 is 15.9. The lowest BCUT2D eigenvalue weighted by Crippen LogP contribution is -2.26. The van der Waals surface area contributed by atoms with Gasteiger partial charge in [-0.25, -0.2) is 5.10 Å². The number of rotatable bonds is 11. The molecule has 3 N–H and O–H groups in total. The Morgan fingerprint density at radius 3 is 2.71 bits per heavy atom. The van der Waals surface area contributed by atoms with E-state index in [4.69, 9.17) is 14.0 Å². The van der Waals surface area contributed by atoms with Crippen LogP contribution < -0.4 is 25.7 Å². The molecule has 0 aliphatic rings. The molecule has 4 aromatic rings. The second-order valence-electron chi connectivity index (χ2n) is 7.66. The number of benzene rings is 2. The van der Waals surface area contributed by atoms with Crippen LogP contribution in [0, 0.1) is 0 Å². The normalized spacial score (nSPS) is 10.8. The number of aromatic nitrogens is 4. The van der Waals surface area contributed by atoms with Crippen LogP contribution in [0.1, 0.15) is 18.7 Å². The van der Waals surface area contributed by atoms with Crippen LogP contribution in [-0.4, -0.2) is 53.6 Å². The van der Waals surface area contributed by atoms with Gasteiger partial charge < -0.3 is 24.6 Å². The van der Waals surface area contributed by atoms with Crippen molar-refractivity contribution in [2.24, 2.45) is 0 Å². The number of nitrogens with one attached hydrogen (secondary N) is 3. The summed E-state index contributed by atoms with van der Waals surface area (Å²) in [5, 5.41) is 18.0. The molecule has 0 unspecified atom stereocenters. The molecule has 2 heterocycles. The summed E-state index contributed by atoms with van der Waals surface area (Å²) in [6.07, 6.45) is 1.23. The molecule has 0 bridgehead atoms. The predicted molar refractivity (Wildman–Crippen MR) is 130 cm³/mol. The third kappa shape index (κ3) is 5.75. The summed E-state index contributed by atoms with van der Waals surface area (Å²) in [5.74, 6) is 2.46. The summed E-state index contributed by atoms with van der Waals surface area (Å²) >= 11 is 0. The second-order valence-corrected chi connectivity index (χ2v) is 7.66. The first-order chi connectivity index (χ1) is 17.1. The molecule has 1 amide bonds. The van der Waals surface area contributed by atoms with Crippen LogP contribution in [0.5, 0.6) is 11.5 Å². The van der Waals surface area contributed by atoms with Crippen LogP contribution in [0.4, 0.5) is 5.82 Å². The summed E-state index contributed by atoms with van der Waals surface area (Å²) in [6, 6.07) is 12.6. The van der Waals surface area contributed by atoms with Crippen LogP contribution >= 0.6 is 0 Å². The zero-order valence-corrected chi connectivity index (χ0v) is 19.5. The molecule has 0 aliphatic heterocycles. The first kappa shape index (κ1) is 23.7. The lowest BCUT2D eigenvalue weighted by Gasteiger charge is -2.08. The fourth-order valence-electron chi connectivity index (χ4n) is 3.53. The van der Waals surface area contributed by atoms with Crippen molar-refractivity contribution in [2.75, 3.05) is 32.6 Å². The first-order valence-electron chi connectivity index (χ1n) is 11.1. The van der Waals surface area contributed by atoms with Crippen molar-refractivity contribution in [1.29, 1.82) is 0 Å². The van der Waals surface area contributed by atoms with Gasteiger partial charge in [-0.2, -0.15) is 10.1 Å². The summed E-state index contributed by atoms with van der Waals surface area (Å²) in [4.78, 5) is 28.4. The number of H-pyrrole nitrogens is 1. The molecule has 35 heavy (non-hydrogen) atoms. The monoisotopic (exact) mass is 478 g/mol. The number of methoxy groups -OCH3 is 2. The van der Waals surface area contributed by atoms with Gasteiger partial charge in [-0.05, 0) is 24.6 Å². The Morgan fingerprint density at radius 1 is 1.09 bits per heavy atom. The van der Waals surface area contributed by atoms with E-state index in [1.165, 1.54) is 0 Å². The maximum atomic E-state index is 12.2. The Kier molecular flexibility index (Phi) is 7.56. The van der Waals surface area contributed by atoms with Crippen LogP contribution in [-0.2, 0) is 11.2 Å². The Bertz CT molecular complexity index is 1370. The molecule has 2 aromatic carbocycles. The minimum Gasteiger partial charge on any atom is -0.497 e. The van der Waals surface area contributed by atoms with E-state index < -0.39 is 0 Å². The van der Waals surface area contributed by atoms with Crippen molar-refractivity contribution in [3.05, 3.63) is 58.7 Å². The van der Waals surface area contributed by atoms with Crippen molar-refractivity contribution >= 4 is 22.5 Å². The Morgan fingerprint density at radius 2 is 1.91 bits per heavy atom. The summed E-state index contributed by atoms with van der Waals surface area (Å²) in [7, 11) is 3.13. The lowest BCUT2D eigenvalue weighted by atomic mass is 10.2. The molecule has 0 atom stereocenters. The number of carbonyl (C=O) groups is 1. The van der Waals surface area contributed by atoms with E-state index in [2.05, 4.69) is 31.0 Å². The van der Waals surface area contributed by atoms with Crippen LogP contribution in [0.3, 0.4) is 0 Å². The molecule has 0 aliphatic carbocycles. The van der Waals surface area contributed by atoms with Crippen molar-refractivity contribution in [3.63, 3.8) is 0 Å². The fraction of sp³-hybridized carbons (Fsp3) is 0.292. The highest BCUT2D eigenvalue weighted by atomic mass is 16.5. The molecule has 0 spiro atoms. The molecule has 11 nitrogen and oxygen atoms in total. The number of nitrogens with zero attached hydrogens (tertiary/aromatic N) is 3. The number of carbonyl (C=O) groups excluding carboxylic acids is 1. The highest BCUT2D eigenvalue weighted by Gasteiger charge is 2.15. The van der Waals surface area contributed by atoms with Crippen molar-refractivity contribution < 1.29 is 18.8 Å². The minimum atomic E-state index is -0.227. The van der Waals surface area contributed by atoms with Gasteiger partial charge in [0.1, 0.15) is 11.5 Å². The third-order valence-electron chi connectivity index (χ3n) is 5.35. The minimum absolute atomic E-state index is 0.112. The third-order valence-corrected chi connectivity index (χ3v) is 5.35. The van der Waals surface area contributed by atoms with Gasteiger partial charge >= 0.3 is 0 Å². The number of hydrogen-bond acceptors (Lipinski definition) is 9. The Hall–Kier alpha value is -4.41. The van der Waals surface area contributed by atoms with Crippen molar-refractivity contribution in [2.45, 2.75) is 19.3 Å². The molecule has 0 radical (unpaired) electrons. The number of aromatic amines is 1. The molecular weight excluding hydrogens is 452 g/mol. The van der Waals surface area contributed by atoms with Crippen LogP contribution in [0.15, 0.2) is 51.8 Å². The van der Waals surface area contributed by atoms with Crippen molar-refractivity contribution in [1.82, 2.24) is 25.7 Å². The van der Waals surface area contributed by atoms with E-state index >= 15 is 0 Å². The zero-order chi connectivity index (χ0) is 24.6. The molecule has 2 aromatic heterocycles. The standard InChI is InChI=1S/C24H26N6O5/c1-33-15-8-9-18(19(14-15)34-2)23-27-21(35-30-23)11-10-20(31)25-12-5-13-26-22-16-6-3-4-7-17(16)24(32)29-28-22/h3-4,6-9,14H,5,10-13H2,1-2H3,(H,25,31)(H,26,28)(H,29,32). The Balaban J connectivity index is 1.21. The van der Waals surface area contributed by atoms with E-state index in [0.717, 1.165) is 5.39 Å². The van der Waals surface area contributed by atoms with Crippen LogP contribution in [0.25, 0.3) is 22.2 Å². The lowest BCUT2D eigenvalue weighted by molar-refractivity contribution is -0.121. The van der Waals surface area contributed by atoms with Crippen molar-refractivity contribution in [3.8, 4) is 22.9 Å². The number of fused-ring (bicyclic) bond motifs is 1. The SMILES string of the molecule is COc1ccc(-c2noc(CCC(=O)NCCCNc3n[nH]c(=O)c4ccccc34)n2)c(OC)c1. The quantitative estimate of drug-likeness (QED) is 0.277. The van der Waals surface area contributed by atoms with Crippen LogP contribution in [0.2, 0.25) is 0 Å². The summed E-state index contributed by atoms with van der Waals surface area (Å²) in [6.45, 7) is 1.07. The van der Waals surface area contributed by atoms with E-state index in [1.54, 1.807) is 38.5 Å². The summed E-state index contributed by atoms with van der Waals surface area (Å²) in [5.41, 5.74) is 0.444. The first-order valence-corrected chi connectivity index (χ1v) is 11.1. The molecule has 0 saturated carbocycles. The average Bonchev–Trinajstić information content (AvgIpc) is 3.37. The highest BCUT2D eigenvalue weighted by Crippen LogP contribution is 2.31. The molecule has 0 saturated heterocycles. The average molecular weight is 479 g/mol. The molecule has 0 fully saturated rings. The number of anilines is 1. The van der Waals surface area contributed by atoms with Gasteiger partial charge in [-0.15, -0.1) is 0 Å². The van der Waals surface area contributed by atoms with Gasteiger partial charge in [0.15, 0.2) is 5.82 Å². The molecule has 11 heteroatoms. The van der Waals surface area contributed by atoms with E-state index in [9.17, 15) is 9.59 Å². The van der Waals surface area contributed by atoms with Gasteiger partial charge in [0, 0.05) is 37.4 Å². The van der Waals surface area contributed by atoms with Gasteiger partial charge in [-0.3, -0.25) is 9.59 Å². The van der Waals surface area contributed by atoms with Gasteiger partial charge in [-0.1, -0.05) is 23.4 Å². The number of ether oxygens (including phenoxy) is 2. The second kappa shape index (κ2) is 11.1. The molecule has 182 valence electrons. The number of hydrogen-bond donors (Lipinski definition) is 3. The van der Waals surface area contributed by atoms with Gasteiger partial charge in [0.05, 0.1) is 25.2 Å². The zero-order valence-electron chi connectivity index (χ0n) is 19.5. The molecule has 4 rings (SSSR count). The Labute approximate surface area is 200 Å². The van der Waals surface area contributed by atoms with E-state index in [1.807, 2.05) is 18.2 Å². The van der Waals surface area contributed by atoms with Gasteiger partial charge in [0.2, 0.25) is 17.6 Å². The van der Waals surface area contributed by atoms with E-state index in [-0.39, 0.29) is 17.9 Å². The largest absolute Gasteiger partial charge is 0.497 e.